The van der Waals surface area contributed by atoms with Crippen LogP contribution in [-0.2, 0) is 17.9 Å². The van der Waals surface area contributed by atoms with E-state index in [2.05, 4.69) is 15.1 Å². The maximum atomic E-state index is 13.2. The summed E-state index contributed by atoms with van der Waals surface area (Å²) in [4.78, 5) is 45.6. The van der Waals surface area contributed by atoms with Crippen molar-refractivity contribution >= 4 is 17.4 Å². The fourth-order valence-electron chi connectivity index (χ4n) is 3.66. The molecule has 1 fully saturated rings. The Morgan fingerprint density at radius 2 is 2.14 bits per heavy atom. The minimum Gasteiger partial charge on any atom is -0.383 e. The Morgan fingerprint density at radius 3 is 2.76 bits per heavy atom. The zero-order chi connectivity index (χ0) is 21.0. The van der Waals surface area contributed by atoms with Crippen LogP contribution in [0.15, 0.2) is 15.9 Å². The number of nitriles is 1. The summed E-state index contributed by atoms with van der Waals surface area (Å²) in [7, 11) is 0. The molecule has 0 aliphatic heterocycles. The number of carbonyl (C=O) groups excluding carboxylic acids is 1. The van der Waals surface area contributed by atoms with Crippen molar-refractivity contribution < 1.29 is 4.79 Å². The molecule has 2 heterocycles. The Bertz CT molecular complexity index is 1040. The molecule has 0 bridgehead atoms. The fourth-order valence-corrected chi connectivity index (χ4v) is 3.66. The maximum absolute atomic E-state index is 13.2. The van der Waals surface area contributed by atoms with Crippen LogP contribution in [0.25, 0.3) is 0 Å². The second-order valence-corrected chi connectivity index (χ2v) is 7.08. The number of aromatic amines is 1. The first-order valence-corrected chi connectivity index (χ1v) is 9.70. The minimum absolute atomic E-state index is 0.00164. The van der Waals surface area contributed by atoms with Gasteiger partial charge < -0.3 is 5.73 Å². The van der Waals surface area contributed by atoms with Gasteiger partial charge in [0.2, 0.25) is 5.91 Å². The van der Waals surface area contributed by atoms with Gasteiger partial charge >= 0.3 is 5.69 Å². The minimum atomic E-state index is -0.684. The van der Waals surface area contributed by atoms with E-state index in [1.165, 1.54) is 20.5 Å². The first kappa shape index (κ1) is 20.3. The van der Waals surface area contributed by atoms with Gasteiger partial charge in [-0.1, -0.05) is 26.2 Å². The van der Waals surface area contributed by atoms with Crippen LogP contribution in [0.4, 0.5) is 11.5 Å². The zero-order valence-electron chi connectivity index (χ0n) is 16.3. The summed E-state index contributed by atoms with van der Waals surface area (Å²) in [6, 6.07) is 1.61. The number of hydrogen-bond donors (Lipinski definition) is 2. The molecule has 3 rings (SSSR count). The number of nitrogen functional groups attached to an aromatic ring is 1. The molecule has 0 atom stereocenters. The molecule has 11 nitrogen and oxygen atoms in total. The van der Waals surface area contributed by atoms with Gasteiger partial charge in [-0.05, 0) is 19.3 Å². The Morgan fingerprint density at radius 1 is 1.41 bits per heavy atom. The van der Waals surface area contributed by atoms with Gasteiger partial charge in [-0.15, -0.1) is 5.10 Å². The van der Waals surface area contributed by atoms with E-state index in [-0.39, 0.29) is 29.9 Å². The number of anilines is 2. The molecule has 1 aliphatic carbocycles. The molecule has 154 valence electrons. The quantitative estimate of drug-likeness (QED) is 0.679. The van der Waals surface area contributed by atoms with Gasteiger partial charge in [0.25, 0.3) is 11.4 Å². The molecule has 0 aromatic carbocycles. The molecule has 0 saturated heterocycles. The molecule has 0 radical (unpaired) electrons. The lowest BCUT2D eigenvalue weighted by Crippen LogP contribution is -2.46. The van der Waals surface area contributed by atoms with Crippen molar-refractivity contribution in [3.8, 4) is 6.07 Å². The number of unbranched alkanes of at least 4 members (excludes halogenated alkanes) is 1. The van der Waals surface area contributed by atoms with E-state index in [0.717, 1.165) is 32.1 Å². The Balaban J connectivity index is 2.03. The van der Waals surface area contributed by atoms with Gasteiger partial charge in [0.1, 0.15) is 24.8 Å². The van der Waals surface area contributed by atoms with Crippen LogP contribution in [0.3, 0.4) is 0 Å². The Labute approximate surface area is 166 Å². The van der Waals surface area contributed by atoms with E-state index in [9.17, 15) is 14.4 Å². The Kier molecular flexibility index (Phi) is 6.11. The average molecular weight is 400 g/mol. The summed E-state index contributed by atoms with van der Waals surface area (Å²) in [5.41, 5.74) is 4.95. The summed E-state index contributed by atoms with van der Waals surface area (Å²) < 4.78 is 2.55. The average Bonchev–Trinajstić information content (AvgIpc) is 3.36. The number of nitrogens with zero attached hydrogens (tertiary/aromatic N) is 6. The van der Waals surface area contributed by atoms with E-state index in [4.69, 9.17) is 11.0 Å². The highest BCUT2D eigenvalue weighted by Gasteiger charge is 2.32. The topological polar surface area (TPSA) is 156 Å². The molecule has 11 heteroatoms. The van der Waals surface area contributed by atoms with Gasteiger partial charge in [0.05, 0.1) is 0 Å². The zero-order valence-corrected chi connectivity index (χ0v) is 16.3. The third-order valence-electron chi connectivity index (χ3n) is 5.08. The molecule has 0 unspecified atom stereocenters. The molecule has 2 aromatic heterocycles. The van der Waals surface area contributed by atoms with Crippen LogP contribution < -0.4 is 21.9 Å². The van der Waals surface area contributed by atoms with Gasteiger partial charge in [-0.2, -0.15) is 5.26 Å². The van der Waals surface area contributed by atoms with Crippen molar-refractivity contribution in [2.45, 2.75) is 64.6 Å². The standard InChI is InChI=1S/C18H24N8O3/c1-2-3-8-25-16(20)15(17(28)22-18(25)29)26(12-6-4-5-7-12)14(27)10-24-11-21-13(9-19)23-24/h11-12H,2-8,10,20H2,1H3,(H,22,28,29). The Hall–Kier alpha value is -3.42. The van der Waals surface area contributed by atoms with E-state index in [0.29, 0.717) is 13.0 Å². The summed E-state index contributed by atoms with van der Waals surface area (Å²) >= 11 is 0. The predicted octanol–water partition coefficient (Wildman–Crippen LogP) is 0.358. The number of H-pyrrole nitrogens is 1. The summed E-state index contributed by atoms with van der Waals surface area (Å²) in [6.45, 7) is 2.14. The summed E-state index contributed by atoms with van der Waals surface area (Å²) in [5, 5.41) is 12.8. The molecule has 29 heavy (non-hydrogen) atoms. The van der Waals surface area contributed by atoms with Gasteiger partial charge in [0, 0.05) is 12.6 Å². The highest BCUT2D eigenvalue weighted by Crippen LogP contribution is 2.29. The highest BCUT2D eigenvalue weighted by molar-refractivity contribution is 5.96. The first-order chi connectivity index (χ1) is 14.0. The predicted molar refractivity (Wildman–Crippen MR) is 105 cm³/mol. The molecule has 1 saturated carbocycles. The molecule has 0 spiro atoms. The van der Waals surface area contributed by atoms with Crippen LogP contribution in [0.2, 0.25) is 0 Å². The van der Waals surface area contributed by atoms with Crippen LogP contribution in [-0.4, -0.2) is 36.3 Å². The highest BCUT2D eigenvalue weighted by atomic mass is 16.2. The number of amides is 1. The molecule has 2 aromatic rings. The van der Waals surface area contributed by atoms with Crippen molar-refractivity contribution in [3.63, 3.8) is 0 Å². The number of nitrogens with two attached hydrogens (primary N) is 1. The van der Waals surface area contributed by atoms with E-state index >= 15 is 0 Å². The van der Waals surface area contributed by atoms with E-state index < -0.39 is 17.2 Å². The fraction of sp³-hybridized carbons (Fsp3) is 0.556. The SMILES string of the molecule is CCCCn1c(N)c(N(C(=O)Cn2cnc(C#N)n2)C2CCCC2)c(=O)[nH]c1=O. The van der Waals surface area contributed by atoms with Crippen molar-refractivity contribution in [3.05, 3.63) is 33.0 Å². The number of hydrogen-bond acceptors (Lipinski definition) is 7. The van der Waals surface area contributed by atoms with Gasteiger partial charge in [-0.3, -0.25) is 24.0 Å². The lowest BCUT2D eigenvalue weighted by atomic mass is 10.2. The van der Waals surface area contributed by atoms with Crippen LogP contribution in [0.1, 0.15) is 51.3 Å². The number of nitrogens with one attached hydrogen (secondary N) is 1. The van der Waals surface area contributed by atoms with E-state index in [1.54, 1.807) is 0 Å². The van der Waals surface area contributed by atoms with Crippen molar-refractivity contribution in [1.29, 1.82) is 5.26 Å². The molecule has 3 N–H and O–H groups in total. The number of aromatic nitrogens is 5. The van der Waals surface area contributed by atoms with Crippen molar-refractivity contribution in [2.75, 3.05) is 10.6 Å². The van der Waals surface area contributed by atoms with Crippen molar-refractivity contribution in [1.82, 2.24) is 24.3 Å². The molecule has 1 amide bonds. The first-order valence-electron chi connectivity index (χ1n) is 9.70. The van der Waals surface area contributed by atoms with Gasteiger partial charge in [0.15, 0.2) is 5.69 Å². The summed E-state index contributed by atoms with van der Waals surface area (Å²) in [6.07, 6.45) is 6.19. The van der Waals surface area contributed by atoms with E-state index in [1.807, 2.05) is 13.0 Å². The molecule has 1 aliphatic rings. The van der Waals surface area contributed by atoms with Crippen molar-refractivity contribution in [2.24, 2.45) is 0 Å². The van der Waals surface area contributed by atoms with Crippen LogP contribution in [0.5, 0.6) is 0 Å². The number of rotatable bonds is 7. The van der Waals surface area contributed by atoms with Crippen LogP contribution >= 0.6 is 0 Å². The molecular weight excluding hydrogens is 376 g/mol. The molecular formula is C18H24N8O3. The normalized spacial score (nSPS) is 14.1. The van der Waals surface area contributed by atoms with Crippen LogP contribution in [0, 0.1) is 11.3 Å². The maximum Gasteiger partial charge on any atom is 0.330 e. The lowest BCUT2D eigenvalue weighted by Gasteiger charge is -2.29. The monoisotopic (exact) mass is 400 g/mol. The van der Waals surface area contributed by atoms with Gasteiger partial charge in [-0.25, -0.2) is 14.5 Å². The third-order valence-corrected chi connectivity index (χ3v) is 5.08. The second-order valence-electron chi connectivity index (χ2n) is 7.08. The number of carbonyl (C=O) groups is 1. The summed E-state index contributed by atoms with van der Waals surface area (Å²) in [5.74, 6) is -0.455. The largest absolute Gasteiger partial charge is 0.383 e. The third kappa shape index (κ3) is 4.21. The second kappa shape index (κ2) is 8.72. The lowest BCUT2D eigenvalue weighted by molar-refractivity contribution is -0.119. The smallest absolute Gasteiger partial charge is 0.330 e.